The van der Waals surface area contributed by atoms with E-state index in [1.54, 1.807) is 6.92 Å². The Morgan fingerprint density at radius 2 is 1.90 bits per heavy atom. The van der Waals surface area contributed by atoms with Gasteiger partial charge in [0.1, 0.15) is 11.6 Å². The zero-order valence-corrected chi connectivity index (χ0v) is 16.9. The van der Waals surface area contributed by atoms with Gasteiger partial charge in [-0.05, 0) is 41.8 Å². The van der Waals surface area contributed by atoms with Gasteiger partial charge >= 0.3 is 0 Å². The molecule has 0 aliphatic heterocycles. The number of hydrogen-bond donors (Lipinski definition) is 1. The Balaban J connectivity index is 1.99. The van der Waals surface area contributed by atoms with E-state index in [4.69, 9.17) is 0 Å². The van der Waals surface area contributed by atoms with Crippen molar-refractivity contribution >= 4 is 22.7 Å². The number of pyridine rings is 1. The van der Waals surface area contributed by atoms with Gasteiger partial charge in [0.05, 0.1) is 11.3 Å². The molecular formula is C24H25N3O2. The average Bonchev–Trinajstić information content (AvgIpc) is 2.73. The molecule has 2 aromatic carbocycles. The van der Waals surface area contributed by atoms with Gasteiger partial charge in [-0.1, -0.05) is 56.5 Å². The van der Waals surface area contributed by atoms with E-state index in [1.807, 2.05) is 48.5 Å². The summed E-state index contributed by atoms with van der Waals surface area (Å²) in [5.74, 6) is -0.132. The molecule has 0 aliphatic rings. The standard InChI is InChI=1S/C24H25N3O2/c1-3-4-5-8-13-27-23(28)21(15-25)17(2)22(24(27)29)16-26-20-12-11-18-9-6-7-10-19(18)14-20/h6-7,9-12,14,16,29H,3-5,8,13H2,1-2H3. The molecule has 0 radical (unpaired) electrons. The summed E-state index contributed by atoms with van der Waals surface area (Å²) in [6, 6.07) is 15.8. The van der Waals surface area contributed by atoms with Crippen molar-refractivity contribution in [3.8, 4) is 11.9 Å². The number of nitrogens with zero attached hydrogens (tertiary/aromatic N) is 3. The highest BCUT2D eigenvalue weighted by molar-refractivity contribution is 5.90. The Bertz CT molecular complexity index is 1150. The van der Waals surface area contributed by atoms with Crippen molar-refractivity contribution in [2.24, 2.45) is 4.99 Å². The van der Waals surface area contributed by atoms with Crippen LogP contribution in [0.25, 0.3) is 10.8 Å². The molecule has 3 aromatic rings. The Hall–Kier alpha value is -3.39. The number of hydrogen-bond acceptors (Lipinski definition) is 4. The maximum Gasteiger partial charge on any atom is 0.271 e. The second-order valence-corrected chi connectivity index (χ2v) is 7.16. The van der Waals surface area contributed by atoms with Crippen LogP contribution in [0.4, 0.5) is 5.69 Å². The average molecular weight is 387 g/mol. The minimum absolute atomic E-state index is 0.0539. The second-order valence-electron chi connectivity index (χ2n) is 7.16. The summed E-state index contributed by atoms with van der Waals surface area (Å²) in [4.78, 5) is 17.1. The minimum Gasteiger partial charge on any atom is -0.494 e. The maximum atomic E-state index is 12.6. The van der Waals surface area contributed by atoms with Crippen LogP contribution in [-0.2, 0) is 6.54 Å². The van der Waals surface area contributed by atoms with E-state index in [9.17, 15) is 15.2 Å². The van der Waals surface area contributed by atoms with E-state index in [0.717, 1.165) is 42.1 Å². The van der Waals surface area contributed by atoms with Crippen LogP contribution in [0.1, 0.15) is 49.3 Å². The van der Waals surface area contributed by atoms with Crippen molar-refractivity contribution < 1.29 is 5.11 Å². The Kier molecular flexibility index (Phi) is 6.46. The molecule has 0 spiro atoms. The van der Waals surface area contributed by atoms with Crippen LogP contribution in [0.2, 0.25) is 0 Å². The first-order valence-corrected chi connectivity index (χ1v) is 9.96. The van der Waals surface area contributed by atoms with E-state index in [2.05, 4.69) is 11.9 Å². The monoisotopic (exact) mass is 387 g/mol. The first-order chi connectivity index (χ1) is 14.1. The molecule has 0 unspecified atom stereocenters. The third-order valence-corrected chi connectivity index (χ3v) is 5.16. The van der Waals surface area contributed by atoms with Gasteiger partial charge < -0.3 is 5.11 Å². The van der Waals surface area contributed by atoms with Gasteiger partial charge in [-0.25, -0.2) is 0 Å². The third kappa shape index (κ3) is 4.38. The minimum atomic E-state index is -0.443. The number of benzene rings is 2. The molecule has 1 heterocycles. The van der Waals surface area contributed by atoms with Crippen LogP contribution in [0.15, 0.2) is 52.3 Å². The van der Waals surface area contributed by atoms with Gasteiger partial charge in [-0.3, -0.25) is 14.4 Å². The largest absolute Gasteiger partial charge is 0.494 e. The fourth-order valence-corrected chi connectivity index (χ4v) is 3.43. The summed E-state index contributed by atoms with van der Waals surface area (Å²) in [5.41, 5.74) is 1.20. The number of fused-ring (bicyclic) bond motifs is 1. The molecule has 1 aromatic heterocycles. The summed E-state index contributed by atoms with van der Waals surface area (Å²) in [6.07, 6.45) is 5.44. The second kappa shape index (κ2) is 9.20. The van der Waals surface area contributed by atoms with Gasteiger partial charge in [0.25, 0.3) is 5.56 Å². The van der Waals surface area contributed by atoms with Crippen molar-refractivity contribution in [1.29, 1.82) is 5.26 Å². The first kappa shape index (κ1) is 20.3. The lowest BCUT2D eigenvalue weighted by molar-refractivity contribution is 0.397. The predicted octanol–water partition coefficient (Wildman–Crippen LogP) is 5.22. The fraction of sp³-hybridized carbons (Fsp3) is 0.292. The molecular weight excluding hydrogens is 362 g/mol. The molecule has 0 amide bonds. The number of unbranched alkanes of at least 4 members (excludes halogenated alkanes) is 3. The smallest absolute Gasteiger partial charge is 0.271 e. The van der Waals surface area contributed by atoms with E-state index in [1.165, 1.54) is 10.8 Å². The molecule has 148 valence electrons. The van der Waals surface area contributed by atoms with Crippen LogP contribution >= 0.6 is 0 Å². The van der Waals surface area contributed by atoms with E-state index in [0.29, 0.717) is 17.7 Å². The topological polar surface area (TPSA) is 78.4 Å². The summed E-state index contributed by atoms with van der Waals surface area (Å²) >= 11 is 0. The number of rotatable bonds is 7. The predicted molar refractivity (Wildman–Crippen MR) is 117 cm³/mol. The van der Waals surface area contributed by atoms with Crippen LogP contribution in [0.3, 0.4) is 0 Å². The Labute approximate surface area is 170 Å². The lowest BCUT2D eigenvalue weighted by Gasteiger charge is -2.14. The Morgan fingerprint density at radius 3 is 2.62 bits per heavy atom. The number of nitriles is 1. The van der Waals surface area contributed by atoms with Crippen LogP contribution in [0.5, 0.6) is 5.88 Å². The van der Waals surface area contributed by atoms with Crippen molar-refractivity contribution in [3.05, 3.63) is 69.5 Å². The van der Waals surface area contributed by atoms with Gasteiger partial charge in [-0.15, -0.1) is 0 Å². The van der Waals surface area contributed by atoms with Crippen molar-refractivity contribution in [2.45, 2.75) is 46.1 Å². The maximum absolute atomic E-state index is 12.6. The van der Waals surface area contributed by atoms with Gasteiger partial charge in [0, 0.05) is 12.8 Å². The summed E-state index contributed by atoms with van der Waals surface area (Å²) < 4.78 is 1.29. The number of aromatic hydroxyl groups is 1. The van der Waals surface area contributed by atoms with Crippen molar-refractivity contribution in [3.63, 3.8) is 0 Å². The Morgan fingerprint density at radius 1 is 1.14 bits per heavy atom. The highest BCUT2D eigenvalue weighted by Gasteiger charge is 2.17. The highest BCUT2D eigenvalue weighted by Crippen LogP contribution is 2.24. The molecule has 1 N–H and O–H groups in total. The molecule has 0 saturated carbocycles. The van der Waals surface area contributed by atoms with Gasteiger partial charge in [-0.2, -0.15) is 5.26 Å². The molecule has 0 aliphatic carbocycles. The number of aromatic nitrogens is 1. The zero-order chi connectivity index (χ0) is 20.8. The van der Waals surface area contributed by atoms with E-state index in [-0.39, 0.29) is 11.4 Å². The molecule has 0 atom stereocenters. The van der Waals surface area contributed by atoms with Crippen LogP contribution in [0, 0.1) is 18.3 Å². The molecule has 29 heavy (non-hydrogen) atoms. The normalized spacial score (nSPS) is 11.2. The SMILES string of the molecule is CCCCCCn1c(O)c(C=Nc2ccc3ccccc3c2)c(C)c(C#N)c1=O. The summed E-state index contributed by atoms with van der Waals surface area (Å²) in [6.45, 7) is 4.17. The highest BCUT2D eigenvalue weighted by atomic mass is 16.3. The van der Waals surface area contributed by atoms with Crippen LogP contribution in [-0.4, -0.2) is 15.9 Å². The molecule has 0 fully saturated rings. The summed E-state index contributed by atoms with van der Waals surface area (Å²) in [7, 11) is 0. The quantitative estimate of drug-likeness (QED) is 0.446. The molecule has 0 bridgehead atoms. The van der Waals surface area contributed by atoms with Gasteiger partial charge in [0.15, 0.2) is 0 Å². The molecule has 5 heteroatoms. The first-order valence-electron chi connectivity index (χ1n) is 9.96. The van der Waals surface area contributed by atoms with E-state index >= 15 is 0 Å². The zero-order valence-electron chi connectivity index (χ0n) is 16.9. The fourth-order valence-electron chi connectivity index (χ4n) is 3.43. The van der Waals surface area contributed by atoms with Crippen molar-refractivity contribution in [2.75, 3.05) is 0 Å². The lowest BCUT2D eigenvalue weighted by atomic mass is 10.1. The van der Waals surface area contributed by atoms with Crippen LogP contribution < -0.4 is 5.56 Å². The molecule has 3 rings (SSSR count). The summed E-state index contributed by atoms with van der Waals surface area (Å²) in [5, 5.41) is 22.4. The third-order valence-electron chi connectivity index (χ3n) is 5.16. The van der Waals surface area contributed by atoms with Crippen molar-refractivity contribution in [1.82, 2.24) is 4.57 Å². The van der Waals surface area contributed by atoms with Gasteiger partial charge in [0.2, 0.25) is 5.88 Å². The molecule has 5 nitrogen and oxygen atoms in total. The number of aliphatic imine (C=N–C) groups is 1. The molecule has 0 saturated heterocycles. The lowest BCUT2D eigenvalue weighted by Crippen LogP contribution is -2.25. The van der Waals surface area contributed by atoms with E-state index < -0.39 is 5.56 Å².